The van der Waals surface area contributed by atoms with Gasteiger partial charge in [-0.25, -0.2) is 4.68 Å². The van der Waals surface area contributed by atoms with Gasteiger partial charge in [0.15, 0.2) is 5.82 Å². The minimum atomic E-state index is -0.415. The van der Waals surface area contributed by atoms with Crippen molar-refractivity contribution < 1.29 is 9.31 Å². The maximum Gasteiger partial charge on any atom is 0.498 e. The van der Waals surface area contributed by atoms with Crippen LogP contribution in [0.25, 0.3) is 5.82 Å². The largest absolute Gasteiger partial charge is 0.498 e. The molecule has 1 aliphatic heterocycles. The van der Waals surface area contributed by atoms with Crippen molar-refractivity contribution in [2.75, 3.05) is 0 Å². The third-order valence-corrected chi connectivity index (χ3v) is 4.15. The summed E-state index contributed by atoms with van der Waals surface area (Å²) < 4.78 is 13.7. The molecule has 3 heterocycles. The fraction of sp³-hybridized carbons (Fsp3) is 0.500. The maximum absolute atomic E-state index is 6.01. The van der Waals surface area contributed by atoms with Gasteiger partial charge in [0.2, 0.25) is 0 Å². The highest BCUT2D eigenvalue weighted by Crippen LogP contribution is 2.36. The highest BCUT2D eigenvalue weighted by atomic mass is 16.7. The zero-order chi connectivity index (χ0) is 15.3. The molecule has 21 heavy (non-hydrogen) atoms. The Morgan fingerprint density at radius 3 is 2.29 bits per heavy atom. The third kappa shape index (κ3) is 2.47. The molecule has 6 nitrogen and oxygen atoms in total. The minimum absolute atomic E-state index is 0.358. The highest BCUT2D eigenvalue weighted by Gasteiger charge is 2.52. The molecule has 0 amide bonds. The van der Waals surface area contributed by atoms with E-state index in [4.69, 9.17) is 9.31 Å². The number of nitrogens with zero attached hydrogens (tertiary/aromatic N) is 4. The smallest absolute Gasteiger partial charge is 0.399 e. The Morgan fingerprint density at radius 2 is 1.71 bits per heavy atom. The van der Waals surface area contributed by atoms with Crippen LogP contribution >= 0.6 is 0 Å². The summed E-state index contributed by atoms with van der Waals surface area (Å²) in [6.45, 7) is 10.0. The van der Waals surface area contributed by atoms with Gasteiger partial charge in [-0.15, -0.1) is 5.10 Å². The molecule has 1 fully saturated rings. The van der Waals surface area contributed by atoms with E-state index in [1.807, 2.05) is 52.9 Å². The van der Waals surface area contributed by atoms with Crippen molar-refractivity contribution in [3.8, 4) is 5.82 Å². The molecule has 2 aromatic heterocycles. The van der Waals surface area contributed by atoms with Gasteiger partial charge < -0.3 is 9.31 Å². The lowest BCUT2D eigenvalue weighted by Gasteiger charge is -2.32. The second-order valence-electron chi connectivity index (χ2n) is 6.34. The molecule has 3 rings (SSSR count). The first-order chi connectivity index (χ1) is 9.78. The number of aryl methyl sites for hydroxylation is 1. The minimum Gasteiger partial charge on any atom is -0.399 e. The first-order valence-corrected chi connectivity index (χ1v) is 6.99. The molecule has 0 bridgehead atoms. The fourth-order valence-electron chi connectivity index (χ4n) is 2.08. The van der Waals surface area contributed by atoms with Gasteiger partial charge in [0.05, 0.1) is 16.9 Å². The summed E-state index contributed by atoms with van der Waals surface area (Å²) in [7, 11) is -0.415. The van der Waals surface area contributed by atoms with Crippen molar-refractivity contribution in [1.82, 2.24) is 20.0 Å². The molecule has 2 aromatic rings. The zero-order valence-corrected chi connectivity index (χ0v) is 13.0. The van der Waals surface area contributed by atoms with Gasteiger partial charge in [-0.05, 0) is 46.8 Å². The highest BCUT2D eigenvalue weighted by molar-refractivity contribution is 6.62. The van der Waals surface area contributed by atoms with Crippen LogP contribution in [0.3, 0.4) is 0 Å². The molecule has 0 aromatic carbocycles. The van der Waals surface area contributed by atoms with Gasteiger partial charge in [0.25, 0.3) is 0 Å². The van der Waals surface area contributed by atoms with E-state index < -0.39 is 7.12 Å². The molecule has 110 valence electrons. The van der Waals surface area contributed by atoms with Crippen molar-refractivity contribution in [2.24, 2.45) is 0 Å². The quantitative estimate of drug-likeness (QED) is 0.778. The topological polar surface area (TPSA) is 62.1 Å². The summed E-state index contributed by atoms with van der Waals surface area (Å²) in [4.78, 5) is 0. The molecule has 0 spiro atoms. The van der Waals surface area contributed by atoms with E-state index in [9.17, 15) is 0 Å². The normalized spacial score (nSPS) is 20.0. The monoisotopic (exact) mass is 286 g/mol. The summed E-state index contributed by atoms with van der Waals surface area (Å²) in [6, 6.07) is 3.78. The SMILES string of the molecule is Cc1ccc(-n2cc(B3OC(C)(C)C(C)(C)O3)cn2)nn1. The standard InChI is InChI=1S/C14H19BN4O2/c1-10-6-7-12(18-17-10)19-9-11(8-16-19)15-20-13(2,3)14(4,5)21-15/h6-9H,1-5H3. The average molecular weight is 286 g/mol. The van der Waals surface area contributed by atoms with Crippen molar-refractivity contribution in [2.45, 2.75) is 45.8 Å². The third-order valence-electron chi connectivity index (χ3n) is 4.15. The van der Waals surface area contributed by atoms with Crippen LogP contribution in [-0.2, 0) is 9.31 Å². The van der Waals surface area contributed by atoms with E-state index in [-0.39, 0.29) is 11.2 Å². The van der Waals surface area contributed by atoms with Crippen LogP contribution in [0.15, 0.2) is 24.5 Å². The van der Waals surface area contributed by atoms with Crippen LogP contribution in [0.2, 0.25) is 0 Å². The first kappa shape index (κ1) is 14.2. The predicted octanol–water partition coefficient (Wildman–Crippen LogP) is 1.27. The lowest BCUT2D eigenvalue weighted by Crippen LogP contribution is -2.41. The van der Waals surface area contributed by atoms with Crippen LogP contribution < -0.4 is 5.46 Å². The number of aromatic nitrogens is 4. The number of rotatable bonds is 2. The van der Waals surface area contributed by atoms with E-state index in [0.717, 1.165) is 11.2 Å². The number of hydrogen-bond acceptors (Lipinski definition) is 5. The molecule has 0 aliphatic carbocycles. The van der Waals surface area contributed by atoms with E-state index in [1.165, 1.54) is 0 Å². The van der Waals surface area contributed by atoms with Crippen molar-refractivity contribution in [3.05, 3.63) is 30.2 Å². The molecular weight excluding hydrogens is 267 g/mol. The Balaban J connectivity index is 1.85. The molecule has 0 atom stereocenters. The lowest BCUT2D eigenvalue weighted by atomic mass is 9.82. The molecule has 0 unspecified atom stereocenters. The van der Waals surface area contributed by atoms with Gasteiger partial charge in [-0.1, -0.05) is 0 Å². The van der Waals surface area contributed by atoms with Crippen molar-refractivity contribution in [3.63, 3.8) is 0 Å². The van der Waals surface area contributed by atoms with E-state index >= 15 is 0 Å². The molecule has 7 heteroatoms. The summed E-state index contributed by atoms with van der Waals surface area (Å²) in [5.41, 5.74) is 1.03. The maximum atomic E-state index is 6.01. The Hall–Kier alpha value is -1.73. The molecule has 0 saturated carbocycles. The van der Waals surface area contributed by atoms with Gasteiger partial charge >= 0.3 is 7.12 Å². The predicted molar refractivity (Wildman–Crippen MR) is 79.6 cm³/mol. The Labute approximate surface area is 124 Å². The van der Waals surface area contributed by atoms with Gasteiger partial charge in [-0.2, -0.15) is 10.2 Å². The molecule has 1 saturated heterocycles. The summed E-state index contributed by atoms with van der Waals surface area (Å²) in [6.07, 6.45) is 3.60. The van der Waals surface area contributed by atoms with Gasteiger partial charge in [0.1, 0.15) is 0 Å². The molecule has 0 N–H and O–H groups in total. The Kier molecular flexibility index (Phi) is 3.14. The van der Waals surface area contributed by atoms with Crippen molar-refractivity contribution >= 4 is 12.6 Å². The number of hydrogen-bond donors (Lipinski definition) is 0. The molecule has 1 aliphatic rings. The fourth-order valence-corrected chi connectivity index (χ4v) is 2.08. The van der Waals surface area contributed by atoms with E-state index in [0.29, 0.717) is 5.82 Å². The second kappa shape index (κ2) is 4.64. The Morgan fingerprint density at radius 1 is 1.05 bits per heavy atom. The molecular formula is C14H19BN4O2. The summed E-state index contributed by atoms with van der Waals surface area (Å²) >= 11 is 0. The lowest BCUT2D eigenvalue weighted by molar-refractivity contribution is 0.00578. The van der Waals surface area contributed by atoms with Crippen LogP contribution in [0.5, 0.6) is 0 Å². The van der Waals surface area contributed by atoms with Gasteiger partial charge in [0, 0.05) is 17.9 Å². The van der Waals surface area contributed by atoms with E-state index in [2.05, 4.69) is 15.3 Å². The van der Waals surface area contributed by atoms with Crippen LogP contribution in [0, 0.1) is 6.92 Å². The summed E-state index contributed by atoms with van der Waals surface area (Å²) in [5.74, 6) is 0.670. The van der Waals surface area contributed by atoms with Crippen LogP contribution in [-0.4, -0.2) is 38.3 Å². The average Bonchev–Trinajstić information content (AvgIpc) is 2.94. The van der Waals surface area contributed by atoms with Crippen LogP contribution in [0.4, 0.5) is 0 Å². The van der Waals surface area contributed by atoms with Crippen LogP contribution in [0.1, 0.15) is 33.4 Å². The Bertz CT molecular complexity index is 635. The summed E-state index contributed by atoms with van der Waals surface area (Å²) in [5, 5.41) is 12.5. The van der Waals surface area contributed by atoms with Gasteiger partial charge in [-0.3, -0.25) is 0 Å². The van der Waals surface area contributed by atoms with Crippen molar-refractivity contribution in [1.29, 1.82) is 0 Å². The van der Waals surface area contributed by atoms with E-state index in [1.54, 1.807) is 10.9 Å². The first-order valence-electron chi connectivity index (χ1n) is 6.99. The second-order valence-corrected chi connectivity index (χ2v) is 6.34. The molecule has 0 radical (unpaired) electrons. The zero-order valence-electron chi connectivity index (χ0n) is 13.0.